The number of nitrogens with one attached hydrogen (secondary N) is 1. The largest absolute Gasteiger partial charge is 0.494 e. The van der Waals surface area contributed by atoms with Gasteiger partial charge in [-0.2, -0.15) is 12.6 Å². The van der Waals surface area contributed by atoms with E-state index in [-0.39, 0.29) is 5.25 Å². The van der Waals surface area contributed by atoms with Crippen molar-refractivity contribution in [2.24, 2.45) is 0 Å². The van der Waals surface area contributed by atoms with Gasteiger partial charge in [0.05, 0.1) is 17.9 Å². The average molecular weight is 208 g/mol. The Balaban J connectivity index is 2.64. The molecule has 0 aliphatic rings. The zero-order chi connectivity index (χ0) is 10.1. The predicted octanol–water partition coefficient (Wildman–Crippen LogP) is 2.56. The molecule has 2 rings (SSSR count). The summed E-state index contributed by atoms with van der Waals surface area (Å²) in [6.07, 6.45) is 0. The standard InChI is InChI=1S/C10H12N2OS/c1-6(14)10-11-7-4-3-5-8(13-2)9(7)12-10/h3-6,14H,1-2H3,(H,11,12). The smallest absolute Gasteiger partial charge is 0.146 e. The summed E-state index contributed by atoms with van der Waals surface area (Å²) >= 11 is 4.33. The van der Waals surface area contributed by atoms with Crippen LogP contribution < -0.4 is 4.74 Å². The van der Waals surface area contributed by atoms with E-state index in [4.69, 9.17) is 4.74 Å². The first-order valence-corrected chi connectivity index (χ1v) is 4.94. The van der Waals surface area contributed by atoms with E-state index in [9.17, 15) is 0 Å². The Hall–Kier alpha value is -1.16. The van der Waals surface area contributed by atoms with E-state index in [2.05, 4.69) is 22.6 Å². The normalized spacial score (nSPS) is 13.1. The quantitative estimate of drug-likeness (QED) is 0.744. The third-order valence-corrected chi connectivity index (χ3v) is 2.35. The van der Waals surface area contributed by atoms with Crippen LogP contribution in [0.3, 0.4) is 0 Å². The van der Waals surface area contributed by atoms with Gasteiger partial charge in [0.2, 0.25) is 0 Å². The van der Waals surface area contributed by atoms with Crippen LogP contribution in [0.15, 0.2) is 18.2 Å². The summed E-state index contributed by atoms with van der Waals surface area (Å²) in [6, 6.07) is 5.81. The van der Waals surface area contributed by atoms with Crippen molar-refractivity contribution in [1.29, 1.82) is 0 Å². The van der Waals surface area contributed by atoms with Crippen LogP contribution in [0.5, 0.6) is 5.75 Å². The maximum Gasteiger partial charge on any atom is 0.146 e. The summed E-state index contributed by atoms with van der Waals surface area (Å²) in [5.74, 6) is 1.66. The molecule has 0 amide bonds. The number of para-hydroxylation sites is 1. The zero-order valence-corrected chi connectivity index (χ0v) is 9.01. The molecule has 1 heterocycles. The van der Waals surface area contributed by atoms with Crippen LogP contribution in [0.2, 0.25) is 0 Å². The maximum atomic E-state index is 5.21. The van der Waals surface area contributed by atoms with E-state index < -0.39 is 0 Å². The van der Waals surface area contributed by atoms with Crippen molar-refractivity contribution >= 4 is 23.7 Å². The van der Waals surface area contributed by atoms with Gasteiger partial charge in [0, 0.05) is 0 Å². The summed E-state index contributed by atoms with van der Waals surface area (Å²) < 4.78 is 5.21. The number of fused-ring (bicyclic) bond motifs is 1. The molecule has 1 unspecified atom stereocenters. The number of rotatable bonds is 2. The molecule has 1 N–H and O–H groups in total. The Labute approximate surface area is 87.9 Å². The molecule has 1 aromatic carbocycles. The zero-order valence-electron chi connectivity index (χ0n) is 8.11. The molecule has 0 bridgehead atoms. The second-order valence-electron chi connectivity index (χ2n) is 3.15. The number of imidazole rings is 1. The number of hydrogen-bond donors (Lipinski definition) is 2. The molecule has 3 nitrogen and oxygen atoms in total. The van der Waals surface area contributed by atoms with Crippen LogP contribution in [0.1, 0.15) is 18.0 Å². The first kappa shape index (κ1) is 9.40. The first-order valence-electron chi connectivity index (χ1n) is 4.43. The van der Waals surface area contributed by atoms with Gasteiger partial charge < -0.3 is 9.72 Å². The Bertz CT molecular complexity index is 450. The van der Waals surface area contributed by atoms with E-state index in [1.807, 2.05) is 25.1 Å². The lowest BCUT2D eigenvalue weighted by Crippen LogP contribution is -1.86. The van der Waals surface area contributed by atoms with E-state index in [0.717, 1.165) is 22.6 Å². The Kier molecular flexibility index (Phi) is 2.37. The molecule has 1 aromatic heterocycles. The van der Waals surface area contributed by atoms with Crippen molar-refractivity contribution in [3.63, 3.8) is 0 Å². The van der Waals surface area contributed by atoms with Crippen LogP contribution in [0, 0.1) is 0 Å². The van der Waals surface area contributed by atoms with Crippen LogP contribution in [-0.2, 0) is 0 Å². The number of nitrogens with zero attached hydrogens (tertiary/aromatic N) is 1. The second kappa shape index (κ2) is 3.53. The average Bonchev–Trinajstić information content (AvgIpc) is 2.60. The molecule has 0 aliphatic heterocycles. The molecule has 1 atom stereocenters. The fourth-order valence-electron chi connectivity index (χ4n) is 1.39. The van der Waals surface area contributed by atoms with E-state index in [1.165, 1.54) is 0 Å². The van der Waals surface area contributed by atoms with Gasteiger partial charge in [-0.1, -0.05) is 6.07 Å². The summed E-state index contributed by atoms with van der Waals surface area (Å²) in [6.45, 7) is 1.98. The minimum absolute atomic E-state index is 0.104. The Morgan fingerprint density at radius 2 is 2.29 bits per heavy atom. The summed E-state index contributed by atoms with van der Waals surface area (Å²) in [5, 5.41) is 0.104. The number of ether oxygens (including phenoxy) is 1. The van der Waals surface area contributed by atoms with Crippen molar-refractivity contribution in [2.75, 3.05) is 7.11 Å². The third-order valence-electron chi connectivity index (χ3n) is 2.11. The van der Waals surface area contributed by atoms with Crippen LogP contribution >= 0.6 is 12.6 Å². The number of aromatic amines is 1. The number of benzene rings is 1. The molecule has 0 radical (unpaired) electrons. The summed E-state index contributed by atoms with van der Waals surface area (Å²) in [7, 11) is 1.65. The molecule has 0 fully saturated rings. The van der Waals surface area contributed by atoms with Gasteiger partial charge in [-0.25, -0.2) is 4.98 Å². The molecule has 0 spiro atoms. The number of hydrogen-bond acceptors (Lipinski definition) is 3. The third kappa shape index (κ3) is 1.46. The van der Waals surface area contributed by atoms with Crippen LogP contribution in [0.25, 0.3) is 11.0 Å². The Morgan fingerprint density at radius 1 is 1.50 bits per heavy atom. The first-order chi connectivity index (χ1) is 6.72. The summed E-state index contributed by atoms with van der Waals surface area (Å²) in [4.78, 5) is 7.63. The molecule has 0 saturated carbocycles. The lowest BCUT2D eigenvalue weighted by atomic mass is 10.3. The number of aromatic nitrogens is 2. The van der Waals surface area contributed by atoms with Crippen molar-refractivity contribution in [1.82, 2.24) is 9.97 Å². The van der Waals surface area contributed by atoms with Gasteiger partial charge in [-0.15, -0.1) is 0 Å². The minimum Gasteiger partial charge on any atom is -0.494 e. The highest BCUT2D eigenvalue weighted by atomic mass is 32.1. The van der Waals surface area contributed by atoms with Crippen LogP contribution in [-0.4, -0.2) is 17.1 Å². The van der Waals surface area contributed by atoms with Crippen molar-refractivity contribution in [3.05, 3.63) is 24.0 Å². The summed E-state index contributed by atoms with van der Waals surface area (Å²) in [5.41, 5.74) is 1.85. The lowest BCUT2D eigenvalue weighted by molar-refractivity contribution is 0.419. The molecule has 0 aliphatic carbocycles. The van der Waals surface area contributed by atoms with Crippen molar-refractivity contribution < 1.29 is 4.74 Å². The monoisotopic (exact) mass is 208 g/mol. The fourth-order valence-corrected chi connectivity index (χ4v) is 1.51. The highest BCUT2D eigenvalue weighted by molar-refractivity contribution is 7.80. The lowest BCUT2D eigenvalue weighted by Gasteiger charge is -1.98. The second-order valence-corrected chi connectivity index (χ2v) is 3.93. The van der Waals surface area contributed by atoms with E-state index >= 15 is 0 Å². The molecule has 14 heavy (non-hydrogen) atoms. The van der Waals surface area contributed by atoms with Gasteiger partial charge >= 0.3 is 0 Å². The Morgan fingerprint density at radius 3 is 2.93 bits per heavy atom. The molecule has 0 saturated heterocycles. The molecular formula is C10H12N2OS. The van der Waals surface area contributed by atoms with Crippen molar-refractivity contribution in [3.8, 4) is 5.75 Å². The molecule has 74 valence electrons. The topological polar surface area (TPSA) is 37.9 Å². The van der Waals surface area contributed by atoms with Gasteiger partial charge in [0.25, 0.3) is 0 Å². The van der Waals surface area contributed by atoms with Gasteiger partial charge in [0.1, 0.15) is 17.1 Å². The van der Waals surface area contributed by atoms with E-state index in [1.54, 1.807) is 7.11 Å². The van der Waals surface area contributed by atoms with Crippen molar-refractivity contribution in [2.45, 2.75) is 12.2 Å². The van der Waals surface area contributed by atoms with E-state index in [0.29, 0.717) is 0 Å². The number of H-pyrrole nitrogens is 1. The number of thiol groups is 1. The molecular weight excluding hydrogens is 196 g/mol. The highest BCUT2D eigenvalue weighted by Crippen LogP contribution is 2.26. The highest BCUT2D eigenvalue weighted by Gasteiger charge is 2.09. The van der Waals surface area contributed by atoms with Gasteiger partial charge in [-0.05, 0) is 19.1 Å². The number of methoxy groups -OCH3 is 1. The van der Waals surface area contributed by atoms with Gasteiger partial charge in [0.15, 0.2) is 0 Å². The van der Waals surface area contributed by atoms with Gasteiger partial charge in [-0.3, -0.25) is 0 Å². The maximum absolute atomic E-state index is 5.21. The molecule has 4 heteroatoms. The SMILES string of the molecule is COc1cccc2[nH]c(C(C)S)nc12. The fraction of sp³-hybridized carbons (Fsp3) is 0.300. The van der Waals surface area contributed by atoms with Crippen LogP contribution in [0.4, 0.5) is 0 Å². The minimum atomic E-state index is 0.104. The predicted molar refractivity (Wildman–Crippen MR) is 60.0 cm³/mol. The molecule has 2 aromatic rings.